The van der Waals surface area contributed by atoms with Crippen LogP contribution >= 0.6 is 11.6 Å². The van der Waals surface area contributed by atoms with Gasteiger partial charge in [-0.3, -0.25) is 9.69 Å². The molecule has 2 aromatic carbocycles. The topological polar surface area (TPSA) is 87.7 Å². The molecule has 0 saturated heterocycles. The first-order valence-corrected chi connectivity index (χ1v) is 9.72. The number of anilines is 1. The number of amides is 3. The largest absolute Gasteiger partial charge is 0.456 e. The van der Waals surface area contributed by atoms with E-state index < -0.39 is 42.2 Å². The van der Waals surface area contributed by atoms with Crippen LogP contribution in [0.1, 0.15) is 17.2 Å². The first-order valence-electron chi connectivity index (χ1n) is 9.35. The van der Waals surface area contributed by atoms with Crippen molar-refractivity contribution in [2.45, 2.75) is 12.2 Å². The number of hydrogen-bond acceptors (Lipinski definition) is 4. The standard InChI is InChI=1S/C21H15ClF3N3O4/c22-14-4-2-1-3-13(14)18-17-15(10-32-19(17)30)28(20(31)27-18)9-16(29)26-12-7-5-11(6-8-12)21(23,24)25/h1-8,18H,9-10H2,(H,26,29)(H,27,31)/t18-/m1/s1. The molecule has 1 atom stereocenters. The van der Waals surface area contributed by atoms with Gasteiger partial charge in [0.25, 0.3) is 0 Å². The van der Waals surface area contributed by atoms with Gasteiger partial charge in [0.1, 0.15) is 13.2 Å². The molecule has 11 heteroatoms. The molecule has 0 unspecified atom stereocenters. The summed E-state index contributed by atoms with van der Waals surface area (Å²) >= 11 is 6.22. The SMILES string of the molecule is O=C(CN1C(=O)N[C@H](c2ccccc2Cl)C2=C1COC2=O)Nc1ccc(C(F)(F)F)cc1. The maximum Gasteiger partial charge on any atom is 0.416 e. The molecular formula is C21H15ClF3N3O4. The van der Waals surface area contributed by atoms with Crippen LogP contribution in [0.4, 0.5) is 23.7 Å². The van der Waals surface area contributed by atoms with Crippen LogP contribution in [0.5, 0.6) is 0 Å². The Labute approximate surface area is 184 Å². The van der Waals surface area contributed by atoms with Crippen LogP contribution < -0.4 is 10.6 Å². The van der Waals surface area contributed by atoms with Gasteiger partial charge in [-0.2, -0.15) is 13.2 Å². The van der Waals surface area contributed by atoms with Crippen LogP contribution in [0.15, 0.2) is 59.8 Å². The van der Waals surface area contributed by atoms with E-state index in [1.54, 1.807) is 24.3 Å². The Morgan fingerprint density at radius 3 is 2.50 bits per heavy atom. The van der Waals surface area contributed by atoms with Gasteiger partial charge >= 0.3 is 18.2 Å². The van der Waals surface area contributed by atoms with Gasteiger partial charge in [-0.25, -0.2) is 9.59 Å². The number of esters is 1. The first-order chi connectivity index (χ1) is 15.1. The summed E-state index contributed by atoms with van der Waals surface area (Å²) in [6.07, 6.45) is -4.50. The van der Waals surface area contributed by atoms with Crippen molar-refractivity contribution in [3.8, 4) is 0 Å². The summed E-state index contributed by atoms with van der Waals surface area (Å²) < 4.78 is 43.1. The van der Waals surface area contributed by atoms with Crippen molar-refractivity contribution in [3.05, 3.63) is 76.0 Å². The van der Waals surface area contributed by atoms with E-state index in [-0.39, 0.29) is 23.6 Å². The second-order valence-electron chi connectivity index (χ2n) is 7.05. The third-order valence-electron chi connectivity index (χ3n) is 5.01. The zero-order valence-electron chi connectivity index (χ0n) is 16.2. The number of hydrogen-bond donors (Lipinski definition) is 2. The van der Waals surface area contributed by atoms with Gasteiger partial charge in [0, 0.05) is 10.7 Å². The molecule has 0 aliphatic carbocycles. The van der Waals surface area contributed by atoms with E-state index >= 15 is 0 Å². The Bertz CT molecular complexity index is 1130. The number of ether oxygens (including phenoxy) is 1. The first kappa shape index (κ1) is 21.7. The predicted octanol–water partition coefficient (Wildman–Crippen LogP) is 3.87. The molecule has 166 valence electrons. The number of carbonyl (C=O) groups is 3. The molecule has 0 fully saturated rings. The number of rotatable bonds is 4. The van der Waals surface area contributed by atoms with Crippen LogP contribution in [-0.2, 0) is 20.5 Å². The lowest BCUT2D eigenvalue weighted by Gasteiger charge is -2.32. The van der Waals surface area contributed by atoms with Crippen LogP contribution in [-0.4, -0.2) is 36.0 Å². The van der Waals surface area contributed by atoms with E-state index in [0.29, 0.717) is 10.6 Å². The monoisotopic (exact) mass is 465 g/mol. The van der Waals surface area contributed by atoms with Gasteiger partial charge in [-0.05, 0) is 35.9 Å². The number of nitrogens with one attached hydrogen (secondary N) is 2. The molecular weight excluding hydrogens is 451 g/mol. The van der Waals surface area contributed by atoms with E-state index in [4.69, 9.17) is 16.3 Å². The minimum absolute atomic E-state index is 0.127. The molecule has 0 spiro atoms. The molecule has 0 aromatic heterocycles. The van der Waals surface area contributed by atoms with Gasteiger partial charge in [0.05, 0.1) is 22.9 Å². The lowest BCUT2D eigenvalue weighted by molar-refractivity contribution is -0.138. The molecule has 2 heterocycles. The number of urea groups is 1. The summed E-state index contributed by atoms with van der Waals surface area (Å²) in [6, 6.07) is 9.10. The highest BCUT2D eigenvalue weighted by Crippen LogP contribution is 2.37. The second-order valence-corrected chi connectivity index (χ2v) is 7.46. The summed E-state index contributed by atoms with van der Waals surface area (Å²) in [7, 11) is 0. The summed E-state index contributed by atoms with van der Waals surface area (Å²) in [5.41, 5.74) is 0.171. The zero-order chi connectivity index (χ0) is 23.0. The fraction of sp³-hybridized carbons (Fsp3) is 0.190. The van der Waals surface area contributed by atoms with Gasteiger partial charge in [-0.1, -0.05) is 29.8 Å². The summed E-state index contributed by atoms with van der Waals surface area (Å²) in [6.45, 7) is -0.673. The number of carbonyl (C=O) groups excluding carboxylic acids is 3. The van der Waals surface area contributed by atoms with Crippen LogP contribution in [0, 0.1) is 0 Å². The maximum absolute atomic E-state index is 12.7. The average molecular weight is 466 g/mol. The lowest BCUT2D eigenvalue weighted by atomic mass is 9.95. The molecule has 0 radical (unpaired) electrons. The van der Waals surface area contributed by atoms with Gasteiger partial charge in [-0.15, -0.1) is 0 Å². The molecule has 2 aliphatic rings. The molecule has 7 nitrogen and oxygen atoms in total. The van der Waals surface area contributed by atoms with Crippen LogP contribution in [0.25, 0.3) is 0 Å². The summed E-state index contributed by atoms with van der Waals surface area (Å²) in [4.78, 5) is 38.6. The van der Waals surface area contributed by atoms with E-state index in [9.17, 15) is 27.6 Å². The number of halogens is 4. The van der Waals surface area contributed by atoms with Crippen molar-refractivity contribution in [1.82, 2.24) is 10.2 Å². The predicted molar refractivity (Wildman–Crippen MR) is 107 cm³/mol. The molecule has 2 aromatic rings. The number of benzene rings is 2. The van der Waals surface area contributed by atoms with Crippen molar-refractivity contribution >= 4 is 35.2 Å². The fourth-order valence-electron chi connectivity index (χ4n) is 3.51. The molecule has 2 aliphatic heterocycles. The number of nitrogens with zero attached hydrogens (tertiary/aromatic N) is 1. The highest BCUT2D eigenvalue weighted by Gasteiger charge is 2.43. The van der Waals surface area contributed by atoms with Gasteiger partial charge in [0.15, 0.2) is 0 Å². The van der Waals surface area contributed by atoms with Gasteiger partial charge < -0.3 is 15.4 Å². The third kappa shape index (κ3) is 4.13. The molecule has 3 amide bonds. The lowest BCUT2D eigenvalue weighted by Crippen LogP contribution is -2.49. The Morgan fingerprint density at radius 2 is 1.84 bits per heavy atom. The summed E-state index contributed by atoms with van der Waals surface area (Å²) in [5, 5.41) is 5.44. The minimum atomic E-state index is -4.50. The average Bonchev–Trinajstić information content (AvgIpc) is 3.12. The van der Waals surface area contributed by atoms with Crippen molar-refractivity contribution < 1.29 is 32.3 Å². The Hall–Kier alpha value is -3.53. The molecule has 0 saturated carbocycles. The Kier molecular flexibility index (Phi) is 5.55. The summed E-state index contributed by atoms with van der Waals surface area (Å²) in [5.74, 6) is -1.31. The molecule has 2 N–H and O–H groups in total. The van der Waals surface area contributed by atoms with Crippen molar-refractivity contribution in [1.29, 1.82) is 0 Å². The maximum atomic E-state index is 12.7. The van der Waals surface area contributed by atoms with E-state index in [1.807, 2.05) is 0 Å². The van der Waals surface area contributed by atoms with E-state index in [0.717, 1.165) is 29.2 Å². The smallest absolute Gasteiger partial charge is 0.416 e. The van der Waals surface area contributed by atoms with Crippen LogP contribution in [0.2, 0.25) is 5.02 Å². The number of alkyl halides is 3. The van der Waals surface area contributed by atoms with E-state index in [1.165, 1.54) is 0 Å². The Balaban J connectivity index is 1.55. The highest BCUT2D eigenvalue weighted by molar-refractivity contribution is 6.31. The normalized spacial score (nSPS) is 18.2. The molecule has 4 rings (SSSR count). The van der Waals surface area contributed by atoms with E-state index in [2.05, 4.69) is 10.6 Å². The van der Waals surface area contributed by atoms with Crippen LogP contribution in [0.3, 0.4) is 0 Å². The molecule has 32 heavy (non-hydrogen) atoms. The quantitative estimate of drug-likeness (QED) is 0.671. The zero-order valence-corrected chi connectivity index (χ0v) is 17.0. The highest BCUT2D eigenvalue weighted by atomic mass is 35.5. The minimum Gasteiger partial charge on any atom is -0.456 e. The fourth-order valence-corrected chi connectivity index (χ4v) is 3.75. The number of cyclic esters (lactones) is 1. The van der Waals surface area contributed by atoms with Gasteiger partial charge in [0.2, 0.25) is 5.91 Å². The van der Waals surface area contributed by atoms with Crippen molar-refractivity contribution in [2.24, 2.45) is 0 Å². The Morgan fingerprint density at radius 1 is 1.16 bits per heavy atom. The van der Waals surface area contributed by atoms with Crippen molar-refractivity contribution in [3.63, 3.8) is 0 Å². The molecule has 0 bridgehead atoms. The second kappa shape index (κ2) is 8.19. The van der Waals surface area contributed by atoms with Crippen molar-refractivity contribution in [2.75, 3.05) is 18.5 Å². The third-order valence-corrected chi connectivity index (χ3v) is 5.36.